The summed E-state index contributed by atoms with van der Waals surface area (Å²) in [6, 6.07) is 62.3. The van der Waals surface area contributed by atoms with Crippen LogP contribution in [0, 0.1) is 0 Å². The van der Waals surface area contributed by atoms with Gasteiger partial charge in [-0.05, 0) is 64.3 Å². The molecule has 0 spiro atoms. The molecular formula is C53H36N4. The zero-order chi connectivity index (χ0) is 37.7. The molecule has 268 valence electrons. The van der Waals surface area contributed by atoms with Gasteiger partial charge in [-0.15, -0.1) is 0 Å². The van der Waals surface area contributed by atoms with Crippen LogP contribution in [-0.2, 0) is 6.42 Å². The molecule has 1 N–H and O–H groups in total. The molecule has 0 radical (unpaired) electrons. The second-order valence-corrected chi connectivity index (χ2v) is 14.6. The van der Waals surface area contributed by atoms with Crippen molar-refractivity contribution in [2.45, 2.75) is 6.42 Å². The maximum Gasteiger partial charge on any atom is 0.160 e. The average molecular weight is 729 g/mol. The largest absolute Gasteiger partial charge is 0.361 e. The summed E-state index contributed by atoms with van der Waals surface area (Å²) >= 11 is 0. The molecule has 9 aromatic rings. The Hall–Kier alpha value is -7.56. The Bertz CT molecular complexity index is 3060. The van der Waals surface area contributed by atoms with Gasteiger partial charge in [0.25, 0.3) is 0 Å². The van der Waals surface area contributed by atoms with Crippen LogP contribution in [-0.4, -0.2) is 14.5 Å². The van der Waals surface area contributed by atoms with Crippen molar-refractivity contribution in [1.29, 1.82) is 0 Å². The fourth-order valence-electron chi connectivity index (χ4n) is 8.71. The molecule has 0 unspecified atom stereocenters. The monoisotopic (exact) mass is 728 g/mol. The van der Waals surface area contributed by atoms with Gasteiger partial charge >= 0.3 is 0 Å². The predicted molar refractivity (Wildman–Crippen MR) is 237 cm³/mol. The van der Waals surface area contributed by atoms with E-state index in [9.17, 15) is 0 Å². The van der Waals surface area contributed by atoms with Gasteiger partial charge in [0.15, 0.2) is 5.82 Å². The van der Waals surface area contributed by atoms with Crippen molar-refractivity contribution in [3.8, 4) is 45.0 Å². The zero-order valence-electron chi connectivity index (χ0n) is 31.1. The first-order valence-corrected chi connectivity index (χ1v) is 19.5. The van der Waals surface area contributed by atoms with Crippen LogP contribution in [0.1, 0.15) is 22.3 Å². The summed E-state index contributed by atoms with van der Waals surface area (Å²) in [6.45, 7) is 0. The van der Waals surface area contributed by atoms with E-state index in [1.807, 2.05) is 18.2 Å². The highest BCUT2D eigenvalue weighted by Gasteiger charge is 2.28. The van der Waals surface area contributed by atoms with Gasteiger partial charge in [0.1, 0.15) is 0 Å². The Labute approximate surface area is 331 Å². The average Bonchev–Trinajstić information content (AvgIpc) is 3.82. The Morgan fingerprint density at radius 1 is 0.456 bits per heavy atom. The number of allylic oxidation sites excluding steroid dienone is 4. The van der Waals surface area contributed by atoms with Gasteiger partial charge in [0.05, 0.1) is 22.4 Å². The summed E-state index contributed by atoms with van der Waals surface area (Å²) in [4.78, 5) is 10.6. The fourth-order valence-corrected chi connectivity index (χ4v) is 8.71. The molecule has 4 nitrogen and oxygen atoms in total. The van der Waals surface area contributed by atoms with E-state index in [2.05, 4.69) is 192 Å². The Kier molecular flexibility index (Phi) is 7.85. The molecule has 0 saturated carbocycles. The van der Waals surface area contributed by atoms with E-state index in [1.165, 1.54) is 21.9 Å². The van der Waals surface area contributed by atoms with Crippen LogP contribution in [0.3, 0.4) is 0 Å². The third kappa shape index (κ3) is 5.61. The van der Waals surface area contributed by atoms with Crippen LogP contribution in [0.25, 0.3) is 84.2 Å². The number of nitrogens with zero attached hydrogens (tertiary/aromatic N) is 3. The van der Waals surface area contributed by atoms with Crippen molar-refractivity contribution in [1.82, 2.24) is 14.5 Å². The van der Waals surface area contributed by atoms with E-state index in [0.29, 0.717) is 0 Å². The number of fused-ring (bicyclic) bond motifs is 9. The summed E-state index contributed by atoms with van der Waals surface area (Å²) in [5.41, 5.74) is 17.8. The second kappa shape index (κ2) is 13.6. The van der Waals surface area contributed by atoms with E-state index in [1.54, 1.807) is 0 Å². The van der Waals surface area contributed by atoms with Gasteiger partial charge in [-0.1, -0.05) is 158 Å². The summed E-state index contributed by atoms with van der Waals surface area (Å²) in [5, 5.41) is 6.13. The van der Waals surface area contributed by atoms with E-state index >= 15 is 0 Å². The lowest BCUT2D eigenvalue weighted by atomic mass is 9.94. The van der Waals surface area contributed by atoms with Crippen LogP contribution < -0.4 is 5.32 Å². The molecule has 2 aromatic heterocycles. The predicted octanol–water partition coefficient (Wildman–Crippen LogP) is 13.2. The number of benzene rings is 7. The molecule has 2 aliphatic rings. The smallest absolute Gasteiger partial charge is 0.160 e. The quantitative estimate of drug-likeness (QED) is 0.196. The first-order valence-electron chi connectivity index (χ1n) is 19.5. The zero-order valence-corrected chi connectivity index (χ0v) is 31.1. The van der Waals surface area contributed by atoms with Crippen LogP contribution in [0.2, 0.25) is 0 Å². The van der Waals surface area contributed by atoms with Crippen molar-refractivity contribution in [3.63, 3.8) is 0 Å². The SMILES string of the molecule is C1=C/C(c2cccc3c2Cc2c(-c4ccccc4)nc(-c4ccccc4)nc2-3)=C\C(n2c3ccccc3c3ccccc32)=C/c2ccccc2-c2ccccc2N/1. The van der Waals surface area contributed by atoms with E-state index in [4.69, 9.17) is 9.97 Å². The highest BCUT2D eigenvalue weighted by atomic mass is 15.0. The molecule has 7 aromatic carbocycles. The highest BCUT2D eigenvalue weighted by Crippen LogP contribution is 2.45. The molecule has 0 atom stereocenters. The van der Waals surface area contributed by atoms with E-state index < -0.39 is 0 Å². The summed E-state index contributed by atoms with van der Waals surface area (Å²) in [7, 11) is 0. The lowest BCUT2D eigenvalue weighted by Crippen LogP contribution is -1.99. The van der Waals surface area contributed by atoms with Crippen LogP contribution in [0.4, 0.5) is 5.69 Å². The van der Waals surface area contributed by atoms with Crippen molar-refractivity contribution < 1.29 is 0 Å². The number of para-hydroxylation sites is 3. The fraction of sp³-hybridized carbons (Fsp3) is 0.0189. The van der Waals surface area contributed by atoms with Gasteiger partial charge in [0.2, 0.25) is 0 Å². The van der Waals surface area contributed by atoms with Crippen LogP contribution in [0.15, 0.2) is 194 Å². The first kappa shape index (κ1) is 32.8. The lowest BCUT2D eigenvalue weighted by molar-refractivity contribution is 1.13. The third-order valence-electron chi connectivity index (χ3n) is 11.3. The van der Waals surface area contributed by atoms with Crippen LogP contribution in [0.5, 0.6) is 0 Å². The molecule has 0 fully saturated rings. The van der Waals surface area contributed by atoms with E-state index in [0.717, 1.165) is 90.6 Å². The Morgan fingerprint density at radius 2 is 1.05 bits per heavy atom. The highest BCUT2D eigenvalue weighted by molar-refractivity contribution is 6.12. The lowest BCUT2D eigenvalue weighted by Gasteiger charge is -2.15. The van der Waals surface area contributed by atoms with Gasteiger partial charge in [-0.25, -0.2) is 9.97 Å². The maximum atomic E-state index is 5.31. The summed E-state index contributed by atoms with van der Waals surface area (Å²) in [5.74, 6) is 0.735. The molecule has 1 aliphatic heterocycles. The van der Waals surface area contributed by atoms with Gasteiger partial charge < -0.3 is 9.88 Å². The molecule has 0 saturated heterocycles. The van der Waals surface area contributed by atoms with Crippen molar-refractivity contribution in [2.24, 2.45) is 0 Å². The molecule has 0 bridgehead atoms. The number of nitrogens with one attached hydrogen (secondary N) is 1. The number of hydrogen-bond donors (Lipinski definition) is 1. The topological polar surface area (TPSA) is 42.7 Å². The number of aromatic nitrogens is 3. The van der Waals surface area contributed by atoms with Gasteiger partial charge in [-0.3, -0.25) is 0 Å². The molecule has 1 aliphatic carbocycles. The number of hydrogen-bond acceptors (Lipinski definition) is 3. The minimum absolute atomic E-state index is 0.721. The molecule has 11 rings (SSSR count). The van der Waals surface area contributed by atoms with Crippen molar-refractivity contribution >= 4 is 44.8 Å². The van der Waals surface area contributed by atoms with E-state index in [-0.39, 0.29) is 0 Å². The number of anilines is 1. The van der Waals surface area contributed by atoms with Gasteiger partial charge in [0, 0.05) is 62.6 Å². The Morgan fingerprint density at radius 3 is 1.82 bits per heavy atom. The van der Waals surface area contributed by atoms with Gasteiger partial charge in [-0.2, -0.15) is 0 Å². The van der Waals surface area contributed by atoms with Crippen LogP contribution >= 0.6 is 0 Å². The molecule has 3 heterocycles. The third-order valence-corrected chi connectivity index (χ3v) is 11.3. The minimum Gasteiger partial charge on any atom is -0.361 e. The number of rotatable bonds is 4. The summed E-state index contributed by atoms with van der Waals surface area (Å²) in [6.07, 6.45) is 9.76. The van der Waals surface area contributed by atoms with Crippen molar-refractivity contribution in [2.75, 3.05) is 5.32 Å². The standard InChI is InChI=1S/C53H36N4/c1-3-16-35(17-4-1)51-47-34-46-41(25-15-26-45(46)52(47)56-53(55-51)36-18-5-2-6-19-36)38-30-31-54-48-27-12-9-22-42(48)40-21-8-7-20-37(40)32-39(33-38)57-49-28-13-10-23-43(49)44-24-11-14-29-50(44)57/h1-33,54H,34H2/b31-30+,38-33+,39-32+. The maximum absolute atomic E-state index is 5.31. The first-order chi connectivity index (χ1) is 28.3. The minimum atomic E-state index is 0.721. The molecular weight excluding hydrogens is 693 g/mol. The normalized spacial score (nSPS) is 15.5. The van der Waals surface area contributed by atoms with Crippen molar-refractivity contribution in [3.05, 3.63) is 217 Å². The Balaban J connectivity index is 1.17. The second-order valence-electron chi connectivity index (χ2n) is 14.6. The molecule has 4 heteroatoms. The molecule has 0 amide bonds. The summed E-state index contributed by atoms with van der Waals surface area (Å²) < 4.78 is 2.43. The molecule has 57 heavy (non-hydrogen) atoms.